The first-order valence-electron chi connectivity index (χ1n) is 8.58. The first kappa shape index (κ1) is 21.3. The number of amides is 1. The fraction of sp³-hybridized carbons (Fsp3) is 0.158. The van der Waals surface area contributed by atoms with Crippen LogP contribution in [0.2, 0.25) is 5.02 Å². The van der Waals surface area contributed by atoms with Crippen LogP contribution in [0.5, 0.6) is 0 Å². The molecule has 0 radical (unpaired) electrons. The van der Waals surface area contributed by atoms with E-state index in [2.05, 4.69) is 10.5 Å². The van der Waals surface area contributed by atoms with Gasteiger partial charge < -0.3 is 4.42 Å². The smallest absolute Gasteiger partial charge is 0.243 e. The molecule has 2 heterocycles. The van der Waals surface area contributed by atoms with Gasteiger partial charge in [0.1, 0.15) is 5.76 Å². The Labute approximate surface area is 177 Å². The van der Waals surface area contributed by atoms with Crippen molar-refractivity contribution in [1.82, 2.24) is 9.73 Å². The molecule has 2 aromatic heterocycles. The minimum Gasteiger partial charge on any atom is -0.468 e. The fourth-order valence-corrected chi connectivity index (χ4v) is 4.55. The van der Waals surface area contributed by atoms with Gasteiger partial charge in [-0.15, -0.1) is 11.3 Å². The Bertz CT molecular complexity index is 1050. The summed E-state index contributed by atoms with van der Waals surface area (Å²) in [5.41, 5.74) is 2.41. The molecule has 0 atom stereocenters. The van der Waals surface area contributed by atoms with Gasteiger partial charge in [-0.25, -0.2) is 13.8 Å². The summed E-state index contributed by atoms with van der Waals surface area (Å²) in [6.07, 6.45) is 2.94. The van der Waals surface area contributed by atoms with E-state index >= 15 is 0 Å². The van der Waals surface area contributed by atoms with Crippen molar-refractivity contribution in [2.45, 2.75) is 17.9 Å². The highest BCUT2D eigenvalue weighted by Gasteiger charge is 2.26. The number of thiophene rings is 1. The Morgan fingerprint density at radius 1 is 1.21 bits per heavy atom. The van der Waals surface area contributed by atoms with Crippen LogP contribution >= 0.6 is 22.9 Å². The molecule has 3 aromatic rings. The fourth-order valence-electron chi connectivity index (χ4n) is 2.43. The molecule has 0 fully saturated rings. The first-order valence-corrected chi connectivity index (χ1v) is 11.3. The maximum absolute atomic E-state index is 13.0. The number of carbonyl (C=O) groups is 1. The minimum atomic E-state index is -3.85. The summed E-state index contributed by atoms with van der Waals surface area (Å²) in [6, 6.07) is 13.0. The molecule has 0 aliphatic rings. The van der Waals surface area contributed by atoms with Crippen molar-refractivity contribution >= 4 is 45.1 Å². The molecule has 0 spiro atoms. The lowest BCUT2D eigenvalue weighted by Crippen LogP contribution is -2.34. The van der Waals surface area contributed by atoms with E-state index < -0.39 is 15.9 Å². The van der Waals surface area contributed by atoms with Crippen molar-refractivity contribution in [3.8, 4) is 0 Å². The third kappa shape index (κ3) is 6.01. The molecule has 152 valence electrons. The molecule has 1 aromatic carbocycles. The molecule has 0 saturated heterocycles. The van der Waals surface area contributed by atoms with Gasteiger partial charge in [0, 0.05) is 22.9 Å². The number of carbonyl (C=O) groups excluding carboxylic acids is 1. The Kier molecular flexibility index (Phi) is 7.21. The number of nitrogens with one attached hydrogen (secondary N) is 1. The van der Waals surface area contributed by atoms with Crippen molar-refractivity contribution in [2.75, 3.05) is 6.54 Å². The lowest BCUT2D eigenvalue weighted by Gasteiger charge is -2.21. The van der Waals surface area contributed by atoms with Gasteiger partial charge >= 0.3 is 0 Å². The van der Waals surface area contributed by atoms with Crippen LogP contribution in [0.1, 0.15) is 17.1 Å². The summed E-state index contributed by atoms with van der Waals surface area (Å²) >= 11 is 7.34. The Hall–Kier alpha value is -2.46. The van der Waals surface area contributed by atoms with E-state index in [1.165, 1.54) is 52.4 Å². The molecule has 0 bridgehead atoms. The number of halogens is 1. The van der Waals surface area contributed by atoms with Crippen LogP contribution in [0.25, 0.3) is 0 Å². The Morgan fingerprint density at radius 3 is 2.66 bits per heavy atom. The van der Waals surface area contributed by atoms with Crippen molar-refractivity contribution in [1.29, 1.82) is 0 Å². The van der Waals surface area contributed by atoms with Gasteiger partial charge in [-0.3, -0.25) is 4.79 Å². The molecule has 10 heteroatoms. The summed E-state index contributed by atoms with van der Waals surface area (Å²) in [6.45, 7) is -0.0320. The van der Waals surface area contributed by atoms with Crippen molar-refractivity contribution in [3.05, 3.63) is 75.8 Å². The molecular formula is C19H18ClN3O4S2. The van der Waals surface area contributed by atoms with Crippen molar-refractivity contribution in [3.63, 3.8) is 0 Å². The zero-order chi connectivity index (χ0) is 20.7. The zero-order valence-electron chi connectivity index (χ0n) is 15.2. The molecule has 0 aliphatic carbocycles. The second-order valence-electron chi connectivity index (χ2n) is 5.93. The molecule has 0 unspecified atom stereocenters. The van der Waals surface area contributed by atoms with Gasteiger partial charge in [0.05, 0.1) is 23.9 Å². The van der Waals surface area contributed by atoms with Crippen LogP contribution in [0, 0.1) is 0 Å². The van der Waals surface area contributed by atoms with Gasteiger partial charge in [-0.05, 0) is 47.8 Å². The normalized spacial score (nSPS) is 11.9. The quantitative estimate of drug-likeness (QED) is 0.396. The highest BCUT2D eigenvalue weighted by molar-refractivity contribution is 7.89. The van der Waals surface area contributed by atoms with E-state index in [-0.39, 0.29) is 24.4 Å². The number of nitrogens with zero attached hydrogens (tertiary/aromatic N) is 2. The molecule has 0 saturated carbocycles. The van der Waals surface area contributed by atoms with Crippen LogP contribution in [0.3, 0.4) is 0 Å². The topological polar surface area (TPSA) is 92.0 Å². The van der Waals surface area contributed by atoms with Gasteiger partial charge in [0.2, 0.25) is 15.9 Å². The molecule has 7 nitrogen and oxygen atoms in total. The second-order valence-corrected chi connectivity index (χ2v) is 9.28. The highest BCUT2D eigenvalue weighted by Crippen LogP contribution is 2.21. The van der Waals surface area contributed by atoms with E-state index in [9.17, 15) is 13.2 Å². The summed E-state index contributed by atoms with van der Waals surface area (Å²) in [4.78, 5) is 13.1. The molecule has 1 amide bonds. The lowest BCUT2D eigenvalue weighted by molar-refractivity contribution is -0.121. The standard InChI is InChI=1S/C19H18ClN3O4S2/c20-15-5-7-18(8-6-15)29(25,26)23(14-16-3-1-11-27-16)10-9-19(24)22-21-13-17-4-2-12-28-17/h1-8,11-13H,9-10,14H2,(H,22,24)/b21-13-. The maximum Gasteiger partial charge on any atom is 0.243 e. The largest absolute Gasteiger partial charge is 0.468 e. The van der Waals surface area contributed by atoms with Gasteiger partial charge in [0.25, 0.3) is 0 Å². The van der Waals surface area contributed by atoms with E-state index in [1.54, 1.807) is 12.1 Å². The van der Waals surface area contributed by atoms with E-state index in [4.69, 9.17) is 16.0 Å². The van der Waals surface area contributed by atoms with Crippen molar-refractivity contribution in [2.24, 2.45) is 5.10 Å². The molecular weight excluding hydrogens is 434 g/mol. The summed E-state index contributed by atoms with van der Waals surface area (Å²) in [5.74, 6) is 0.0761. The number of hydrogen-bond acceptors (Lipinski definition) is 6. The first-order chi connectivity index (χ1) is 13.9. The van der Waals surface area contributed by atoms with E-state index in [0.29, 0.717) is 10.8 Å². The van der Waals surface area contributed by atoms with Crippen molar-refractivity contribution < 1.29 is 17.6 Å². The molecule has 3 rings (SSSR count). The Balaban J connectivity index is 1.68. The number of rotatable bonds is 9. The Morgan fingerprint density at radius 2 is 2.00 bits per heavy atom. The number of hydrazone groups is 1. The van der Waals surface area contributed by atoms with E-state index in [0.717, 1.165) is 4.88 Å². The minimum absolute atomic E-state index is 0.00367. The van der Waals surface area contributed by atoms with Crippen LogP contribution in [-0.2, 0) is 21.4 Å². The highest BCUT2D eigenvalue weighted by atomic mass is 35.5. The average molecular weight is 452 g/mol. The summed E-state index contributed by atoms with van der Waals surface area (Å²) < 4.78 is 32.5. The molecule has 29 heavy (non-hydrogen) atoms. The van der Waals surface area contributed by atoms with Gasteiger partial charge in [-0.1, -0.05) is 17.7 Å². The second kappa shape index (κ2) is 9.84. The number of sulfonamides is 1. The average Bonchev–Trinajstić information content (AvgIpc) is 3.39. The van der Waals surface area contributed by atoms with Gasteiger partial charge in [0.15, 0.2) is 0 Å². The monoisotopic (exact) mass is 451 g/mol. The third-order valence-electron chi connectivity index (χ3n) is 3.88. The number of hydrogen-bond donors (Lipinski definition) is 1. The van der Waals surface area contributed by atoms with Crippen LogP contribution < -0.4 is 5.43 Å². The molecule has 1 N–H and O–H groups in total. The van der Waals surface area contributed by atoms with E-state index in [1.807, 2.05) is 17.5 Å². The predicted molar refractivity (Wildman–Crippen MR) is 112 cm³/mol. The van der Waals surface area contributed by atoms with Crippen LogP contribution in [0.4, 0.5) is 0 Å². The zero-order valence-corrected chi connectivity index (χ0v) is 17.6. The summed E-state index contributed by atoms with van der Waals surface area (Å²) in [7, 11) is -3.85. The predicted octanol–water partition coefficient (Wildman–Crippen LogP) is 3.73. The van der Waals surface area contributed by atoms with Gasteiger partial charge in [-0.2, -0.15) is 9.41 Å². The SMILES string of the molecule is O=C(CCN(Cc1ccco1)S(=O)(=O)c1ccc(Cl)cc1)N/N=C\c1cccs1. The summed E-state index contributed by atoms with van der Waals surface area (Å²) in [5, 5.41) is 6.22. The lowest BCUT2D eigenvalue weighted by atomic mass is 10.4. The van der Waals surface area contributed by atoms with Crippen LogP contribution in [0.15, 0.2) is 74.6 Å². The number of benzene rings is 1. The van der Waals surface area contributed by atoms with Crippen LogP contribution in [-0.4, -0.2) is 31.4 Å². The molecule has 0 aliphatic heterocycles. The third-order valence-corrected chi connectivity index (χ3v) is 6.79. The maximum atomic E-state index is 13.0. The number of furan rings is 1.